The van der Waals surface area contributed by atoms with Crippen LogP contribution in [0.4, 0.5) is 5.13 Å². The van der Waals surface area contributed by atoms with Gasteiger partial charge in [-0.2, -0.15) is 0 Å². The van der Waals surface area contributed by atoms with E-state index in [9.17, 15) is 4.79 Å². The largest absolute Gasteiger partial charge is 0.326 e. The van der Waals surface area contributed by atoms with Gasteiger partial charge in [0.1, 0.15) is 0 Å². The van der Waals surface area contributed by atoms with Gasteiger partial charge in [-0.1, -0.05) is 0 Å². The highest BCUT2D eigenvalue weighted by Crippen LogP contribution is 2.16. The van der Waals surface area contributed by atoms with E-state index in [2.05, 4.69) is 10.3 Å². The zero-order valence-electron chi connectivity index (χ0n) is 6.13. The maximum atomic E-state index is 10.5. The molecular formula is C6H9N3OS. The first-order chi connectivity index (χ1) is 5.22. The molecular weight excluding hydrogens is 162 g/mol. The molecule has 3 N–H and O–H groups in total. The number of anilines is 1. The SMILES string of the molecule is CC(=O)Nc1ncc(CN)s1. The van der Waals surface area contributed by atoms with E-state index in [1.54, 1.807) is 6.20 Å². The van der Waals surface area contributed by atoms with E-state index in [-0.39, 0.29) is 5.91 Å². The van der Waals surface area contributed by atoms with Crippen LogP contribution in [0.15, 0.2) is 6.20 Å². The standard InChI is InChI=1S/C6H9N3OS/c1-4(10)9-6-8-3-5(2-7)11-6/h3H,2,7H2,1H3,(H,8,9,10). The van der Waals surface area contributed by atoms with Crippen LogP contribution in [-0.2, 0) is 11.3 Å². The monoisotopic (exact) mass is 171 g/mol. The lowest BCUT2D eigenvalue weighted by Gasteiger charge is -1.91. The molecule has 0 bridgehead atoms. The maximum absolute atomic E-state index is 10.5. The number of aromatic nitrogens is 1. The molecule has 0 aliphatic heterocycles. The summed E-state index contributed by atoms with van der Waals surface area (Å²) in [6.07, 6.45) is 1.66. The highest BCUT2D eigenvalue weighted by atomic mass is 32.1. The fraction of sp³-hybridized carbons (Fsp3) is 0.333. The van der Waals surface area contributed by atoms with E-state index < -0.39 is 0 Å². The van der Waals surface area contributed by atoms with Crippen molar-refractivity contribution in [3.63, 3.8) is 0 Å². The first kappa shape index (κ1) is 8.16. The first-order valence-corrected chi connectivity index (χ1v) is 3.96. The number of thiazole rings is 1. The quantitative estimate of drug-likeness (QED) is 0.683. The van der Waals surface area contributed by atoms with Crippen LogP contribution in [0.25, 0.3) is 0 Å². The third kappa shape index (κ3) is 2.28. The van der Waals surface area contributed by atoms with E-state index in [0.29, 0.717) is 11.7 Å². The van der Waals surface area contributed by atoms with E-state index >= 15 is 0 Å². The Kier molecular flexibility index (Phi) is 2.56. The Labute approximate surface area is 68.4 Å². The summed E-state index contributed by atoms with van der Waals surface area (Å²) in [5, 5.41) is 3.18. The number of carbonyl (C=O) groups excluding carboxylic acids is 1. The number of hydrogen-bond acceptors (Lipinski definition) is 4. The lowest BCUT2D eigenvalue weighted by molar-refractivity contribution is -0.114. The number of nitrogens with one attached hydrogen (secondary N) is 1. The molecule has 1 rings (SSSR count). The van der Waals surface area contributed by atoms with E-state index in [4.69, 9.17) is 5.73 Å². The van der Waals surface area contributed by atoms with Crippen molar-refractivity contribution >= 4 is 22.4 Å². The van der Waals surface area contributed by atoms with Crippen molar-refractivity contribution < 1.29 is 4.79 Å². The lowest BCUT2D eigenvalue weighted by atomic mass is 10.6. The number of carbonyl (C=O) groups is 1. The molecule has 1 aromatic heterocycles. The number of hydrogen-bond donors (Lipinski definition) is 2. The molecule has 4 nitrogen and oxygen atoms in total. The summed E-state index contributed by atoms with van der Waals surface area (Å²) in [5.74, 6) is -0.108. The Morgan fingerprint density at radius 1 is 1.91 bits per heavy atom. The molecule has 0 aliphatic rings. The molecule has 0 fully saturated rings. The average molecular weight is 171 g/mol. The lowest BCUT2D eigenvalue weighted by Crippen LogP contribution is -2.04. The maximum Gasteiger partial charge on any atom is 0.223 e. The molecule has 0 saturated heterocycles. The molecule has 1 heterocycles. The first-order valence-electron chi connectivity index (χ1n) is 3.14. The Hall–Kier alpha value is -0.940. The van der Waals surface area contributed by atoms with Crippen molar-refractivity contribution in [2.45, 2.75) is 13.5 Å². The minimum absolute atomic E-state index is 0.108. The summed E-state index contributed by atoms with van der Waals surface area (Å²) >= 11 is 1.39. The van der Waals surface area contributed by atoms with Crippen molar-refractivity contribution in [3.05, 3.63) is 11.1 Å². The molecule has 1 aromatic rings. The van der Waals surface area contributed by atoms with Crippen molar-refractivity contribution in [2.24, 2.45) is 5.73 Å². The van der Waals surface area contributed by atoms with Crippen LogP contribution in [-0.4, -0.2) is 10.9 Å². The van der Waals surface area contributed by atoms with Gasteiger partial charge in [0.15, 0.2) is 5.13 Å². The summed E-state index contributed by atoms with van der Waals surface area (Å²) in [6.45, 7) is 1.92. The minimum atomic E-state index is -0.108. The third-order valence-electron chi connectivity index (χ3n) is 1.04. The van der Waals surface area contributed by atoms with Gasteiger partial charge in [-0.05, 0) is 0 Å². The van der Waals surface area contributed by atoms with Gasteiger partial charge in [-0.25, -0.2) is 4.98 Å². The second kappa shape index (κ2) is 3.45. The Morgan fingerprint density at radius 3 is 3.09 bits per heavy atom. The van der Waals surface area contributed by atoms with E-state index in [1.807, 2.05) is 0 Å². The van der Waals surface area contributed by atoms with Gasteiger partial charge in [0, 0.05) is 24.5 Å². The van der Waals surface area contributed by atoms with Crippen LogP contribution >= 0.6 is 11.3 Å². The highest BCUT2D eigenvalue weighted by molar-refractivity contribution is 7.15. The second-order valence-corrected chi connectivity index (χ2v) is 3.13. The highest BCUT2D eigenvalue weighted by Gasteiger charge is 2.00. The predicted molar refractivity (Wildman–Crippen MR) is 44.3 cm³/mol. The molecule has 0 unspecified atom stereocenters. The van der Waals surface area contributed by atoms with Crippen LogP contribution in [0, 0.1) is 0 Å². The molecule has 11 heavy (non-hydrogen) atoms. The Morgan fingerprint density at radius 2 is 2.64 bits per heavy atom. The molecule has 0 aromatic carbocycles. The Bertz CT molecular complexity index is 258. The summed E-state index contributed by atoms with van der Waals surface area (Å²) < 4.78 is 0. The number of rotatable bonds is 2. The minimum Gasteiger partial charge on any atom is -0.326 e. The van der Waals surface area contributed by atoms with Crippen LogP contribution in [0.2, 0.25) is 0 Å². The van der Waals surface area contributed by atoms with Crippen LogP contribution in [0.1, 0.15) is 11.8 Å². The summed E-state index contributed by atoms with van der Waals surface area (Å²) in [7, 11) is 0. The van der Waals surface area contributed by atoms with Gasteiger partial charge in [-0.15, -0.1) is 11.3 Å². The summed E-state index contributed by atoms with van der Waals surface area (Å²) in [4.78, 5) is 15.4. The number of amides is 1. The van der Waals surface area contributed by atoms with Crippen LogP contribution in [0.3, 0.4) is 0 Å². The van der Waals surface area contributed by atoms with Gasteiger partial charge in [0.2, 0.25) is 5.91 Å². The molecule has 60 valence electrons. The second-order valence-electron chi connectivity index (χ2n) is 2.02. The fourth-order valence-electron chi connectivity index (χ4n) is 0.610. The van der Waals surface area contributed by atoms with Crippen LogP contribution < -0.4 is 11.1 Å². The zero-order valence-corrected chi connectivity index (χ0v) is 6.94. The van der Waals surface area contributed by atoms with Gasteiger partial charge in [-0.3, -0.25) is 4.79 Å². The van der Waals surface area contributed by atoms with Crippen LogP contribution in [0.5, 0.6) is 0 Å². The molecule has 0 aliphatic carbocycles. The Balaban J connectivity index is 2.65. The zero-order chi connectivity index (χ0) is 8.27. The fourth-order valence-corrected chi connectivity index (χ4v) is 1.35. The van der Waals surface area contributed by atoms with Crippen molar-refractivity contribution in [2.75, 3.05) is 5.32 Å². The molecule has 1 amide bonds. The number of nitrogens with zero attached hydrogens (tertiary/aromatic N) is 1. The van der Waals surface area contributed by atoms with Gasteiger partial charge < -0.3 is 11.1 Å². The molecule has 0 atom stereocenters. The predicted octanol–water partition coefficient (Wildman–Crippen LogP) is 0.560. The summed E-state index contributed by atoms with van der Waals surface area (Å²) in [5.41, 5.74) is 5.35. The van der Waals surface area contributed by atoms with Crippen molar-refractivity contribution in [1.82, 2.24) is 4.98 Å². The average Bonchev–Trinajstić information content (AvgIpc) is 2.34. The topological polar surface area (TPSA) is 68.0 Å². The van der Waals surface area contributed by atoms with E-state index in [1.165, 1.54) is 18.3 Å². The van der Waals surface area contributed by atoms with Gasteiger partial charge in [0.25, 0.3) is 0 Å². The smallest absolute Gasteiger partial charge is 0.223 e. The van der Waals surface area contributed by atoms with Gasteiger partial charge in [0.05, 0.1) is 0 Å². The van der Waals surface area contributed by atoms with Gasteiger partial charge >= 0.3 is 0 Å². The molecule has 5 heteroatoms. The molecule has 0 spiro atoms. The molecule has 0 radical (unpaired) electrons. The number of nitrogens with two attached hydrogens (primary N) is 1. The van der Waals surface area contributed by atoms with Crippen molar-refractivity contribution in [3.8, 4) is 0 Å². The normalized spacial score (nSPS) is 9.64. The van der Waals surface area contributed by atoms with Crippen molar-refractivity contribution in [1.29, 1.82) is 0 Å². The third-order valence-corrected chi connectivity index (χ3v) is 1.97. The van der Waals surface area contributed by atoms with E-state index in [0.717, 1.165) is 4.88 Å². The summed E-state index contributed by atoms with van der Waals surface area (Å²) in [6, 6.07) is 0. The molecule has 0 saturated carbocycles.